The van der Waals surface area contributed by atoms with Crippen molar-refractivity contribution in [3.8, 4) is 0 Å². The molecule has 0 saturated carbocycles. The monoisotopic (exact) mass is 314 g/mol. The number of carbonyl (C=O) groups excluding carboxylic acids is 1. The van der Waals surface area contributed by atoms with Crippen LogP contribution in [0.1, 0.15) is 16.9 Å². The highest BCUT2D eigenvalue weighted by molar-refractivity contribution is 6.33. The Labute approximate surface area is 128 Å². The number of amides is 1. The predicted molar refractivity (Wildman–Crippen MR) is 78.9 cm³/mol. The number of carbonyl (C=O) groups is 1. The molecule has 116 valence electrons. The van der Waals surface area contributed by atoms with Crippen molar-refractivity contribution in [3.63, 3.8) is 0 Å². The Morgan fingerprint density at radius 3 is 3.00 bits per heavy atom. The number of methoxy groups -OCH3 is 1. The molecule has 0 aliphatic carbocycles. The third-order valence-corrected chi connectivity index (χ3v) is 3.33. The molecule has 1 aromatic rings. The van der Waals surface area contributed by atoms with Crippen LogP contribution in [0.3, 0.4) is 0 Å². The average Bonchev–Trinajstić information content (AvgIpc) is 2.52. The smallest absolute Gasteiger partial charge is 0.271 e. The second-order valence-corrected chi connectivity index (χ2v) is 4.98. The molecule has 21 heavy (non-hydrogen) atoms. The van der Waals surface area contributed by atoms with Gasteiger partial charge in [0.15, 0.2) is 5.69 Å². The Balaban J connectivity index is 2.02. The molecule has 0 aromatic carbocycles. The van der Waals surface area contributed by atoms with E-state index in [1.54, 1.807) is 7.11 Å². The zero-order valence-electron chi connectivity index (χ0n) is 12.0. The second-order valence-electron chi connectivity index (χ2n) is 4.57. The number of aromatic nitrogens is 2. The van der Waals surface area contributed by atoms with Crippen molar-refractivity contribution in [2.45, 2.75) is 6.42 Å². The van der Waals surface area contributed by atoms with Crippen LogP contribution in [0.4, 0.5) is 5.95 Å². The molecule has 0 bridgehead atoms. The summed E-state index contributed by atoms with van der Waals surface area (Å²) in [5.41, 5.74) is 0.200. The molecule has 1 aliphatic rings. The largest absolute Gasteiger partial charge is 0.385 e. The highest BCUT2D eigenvalue weighted by Gasteiger charge is 2.18. The fourth-order valence-corrected chi connectivity index (χ4v) is 2.11. The number of ether oxygens (including phenoxy) is 2. The van der Waals surface area contributed by atoms with E-state index in [0.29, 0.717) is 45.4 Å². The van der Waals surface area contributed by atoms with Crippen molar-refractivity contribution < 1.29 is 14.3 Å². The van der Waals surface area contributed by atoms with E-state index in [1.807, 2.05) is 4.90 Å². The van der Waals surface area contributed by atoms with E-state index in [2.05, 4.69) is 15.3 Å². The molecule has 2 rings (SSSR count). The highest BCUT2D eigenvalue weighted by Crippen LogP contribution is 2.17. The molecule has 1 aliphatic heterocycles. The van der Waals surface area contributed by atoms with Gasteiger partial charge in [-0.15, -0.1) is 0 Å². The van der Waals surface area contributed by atoms with Gasteiger partial charge in [-0.25, -0.2) is 9.97 Å². The van der Waals surface area contributed by atoms with Crippen molar-refractivity contribution in [2.75, 3.05) is 51.5 Å². The maximum atomic E-state index is 12.1. The summed E-state index contributed by atoms with van der Waals surface area (Å²) in [6.07, 6.45) is 2.20. The van der Waals surface area contributed by atoms with E-state index >= 15 is 0 Å². The number of rotatable bonds is 6. The van der Waals surface area contributed by atoms with Crippen molar-refractivity contribution in [2.24, 2.45) is 0 Å². The number of halogens is 1. The van der Waals surface area contributed by atoms with Crippen molar-refractivity contribution in [1.82, 2.24) is 15.3 Å². The molecule has 7 nitrogen and oxygen atoms in total. The van der Waals surface area contributed by atoms with Crippen LogP contribution in [0, 0.1) is 0 Å². The zero-order valence-corrected chi connectivity index (χ0v) is 12.7. The van der Waals surface area contributed by atoms with Gasteiger partial charge in [-0.1, -0.05) is 11.6 Å². The summed E-state index contributed by atoms with van der Waals surface area (Å²) in [7, 11) is 1.62. The van der Waals surface area contributed by atoms with Gasteiger partial charge in [0.05, 0.1) is 24.4 Å². The molecule has 1 N–H and O–H groups in total. The second kappa shape index (κ2) is 8.11. The van der Waals surface area contributed by atoms with Crippen LogP contribution in [0.2, 0.25) is 5.02 Å². The van der Waals surface area contributed by atoms with Crippen molar-refractivity contribution in [3.05, 3.63) is 16.9 Å². The first kappa shape index (κ1) is 15.9. The minimum absolute atomic E-state index is 0.200. The van der Waals surface area contributed by atoms with Crippen molar-refractivity contribution in [1.29, 1.82) is 0 Å². The van der Waals surface area contributed by atoms with E-state index in [1.165, 1.54) is 6.20 Å². The van der Waals surface area contributed by atoms with Gasteiger partial charge in [0.2, 0.25) is 5.95 Å². The summed E-state index contributed by atoms with van der Waals surface area (Å²) in [5, 5.41) is 3.01. The third-order valence-electron chi connectivity index (χ3n) is 3.05. The Kier molecular flexibility index (Phi) is 6.16. The number of hydrogen-bond acceptors (Lipinski definition) is 6. The lowest BCUT2D eigenvalue weighted by atomic mass is 10.3. The van der Waals surface area contributed by atoms with E-state index in [0.717, 1.165) is 6.42 Å². The van der Waals surface area contributed by atoms with E-state index in [-0.39, 0.29) is 16.6 Å². The maximum Gasteiger partial charge on any atom is 0.271 e. The molecule has 0 unspecified atom stereocenters. The molecule has 2 heterocycles. The predicted octanol–water partition coefficient (Wildman–Crippen LogP) is 0.733. The fraction of sp³-hybridized carbons (Fsp3) is 0.615. The van der Waals surface area contributed by atoms with Gasteiger partial charge >= 0.3 is 0 Å². The molecular formula is C13H19ClN4O3. The van der Waals surface area contributed by atoms with Gasteiger partial charge in [0, 0.05) is 33.4 Å². The van der Waals surface area contributed by atoms with Crippen LogP contribution in [-0.4, -0.2) is 62.4 Å². The Morgan fingerprint density at radius 1 is 1.52 bits per heavy atom. The SMILES string of the molecule is COCCCNC(=O)c1nc(N2CCOCC2)ncc1Cl. The molecule has 0 spiro atoms. The van der Waals surface area contributed by atoms with Gasteiger partial charge in [0.1, 0.15) is 0 Å². The fourth-order valence-electron chi connectivity index (χ4n) is 1.93. The molecule has 1 fully saturated rings. The number of nitrogens with one attached hydrogen (secondary N) is 1. The Hall–Kier alpha value is -1.44. The van der Waals surface area contributed by atoms with Gasteiger partial charge in [-0.2, -0.15) is 0 Å². The molecule has 1 amide bonds. The molecule has 0 atom stereocenters. The van der Waals surface area contributed by atoms with Gasteiger partial charge in [0.25, 0.3) is 5.91 Å². The molecule has 8 heteroatoms. The summed E-state index contributed by atoms with van der Waals surface area (Å²) in [6.45, 7) is 3.78. The number of morpholine rings is 1. The van der Waals surface area contributed by atoms with Crippen LogP contribution < -0.4 is 10.2 Å². The summed E-state index contributed by atoms with van der Waals surface area (Å²) in [6, 6.07) is 0. The standard InChI is InChI=1S/C13H19ClN4O3/c1-20-6-2-3-15-12(19)11-10(14)9-16-13(17-11)18-4-7-21-8-5-18/h9H,2-8H2,1H3,(H,15,19). The molecule has 1 aromatic heterocycles. The Bertz CT molecular complexity index is 480. The zero-order chi connectivity index (χ0) is 15.1. The minimum atomic E-state index is -0.298. The number of nitrogens with zero attached hydrogens (tertiary/aromatic N) is 3. The van der Waals surface area contributed by atoms with E-state index in [4.69, 9.17) is 21.1 Å². The lowest BCUT2D eigenvalue weighted by Crippen LogP contribution is -2.38. The summed E-state index contributed by atoms with van der Waals surface area (Å²) >= 11 is 6.02. The lowest BCUT2D eigenvalue weighted by Gasteiger charge is -2.26. The summed E-state index contributed by atoms with van der Waals surface area (Å²) < 4.78 is 10.2. The molecular weight excluding hydrogens is 296 g/mol. The Morgan fingerprint density at radius 2 is 2.29 bits per heavy atom. The van der Waals surface area contributed by atoms with Crippen LogP contribution >= 0.6 is 11.6 Å². The summed E-state index contributed by atoms with van der Waals surface area (Å²) in [4.78, 5) is 22.5. The topological polar surface area (TPSA) is 76.6 Å². The number of anilines is 1. The van der Waals surface area contributed by atoms with Crippen LogP contribution in [0.5, 0.6) is 0 Å². The lowest BCUT2D eigenvalue weighted by molar-refractivity contribution is 0.0943. The minimum Gasteiger partial charge on any atom is -0.385 e. The van der Waals surface area contributed by atoms with Crippen molar-refractivity contribution >= 4 is 23.5 Å². The third kappa shape index (κ3) is 4.52. The normalized spacial score (nSPS) is 15.0. The first-order chi connectivity index (χ1) is 10.2. The van der Waals surface area contributed by atoms with Crippen LogP contribution in [0.15, 0.2) is 6.20 Å². The van der Waals surface area contributed by atoms with Gasteiger partial charge in [-0.05, 0) is 6.42 Å². The van der Waals surface area contributed by atoms with Crippen LogP contribution in [-0.2, 0) is 9.47 Å². The quantitative estimate of drug-likeness (QED) is 0.780. The average molecular weight is 315 g/mol. The summed E-state index contributed by atoms with van der Waals surface area (Å²) in [5.74, 6) is 0.206. The van der Waals surface area contributed by atoms with E-state index in [9.17, 15) is 4.79 Å². The highest BCUT2D eigenvalue weighted by atomic mass is 35.5. The van der Waals surface area contributed by atoms with Gasteiger partial charge in [-0.3, -0.25) is 4.79 Å². The number of hydrogen-bond donors (Lipinski definition) is 1. The molecule has 1 saturated heterocycles. The molecule has 0 radical (unpaired) electrons. The maximum absolute atomic E-state index is 12.1. The van der Waals surface area contributed by atoms with E-state index < -0.39 is 0 Å². The van der Waals surface area contributed by atoms with Crippen LogP contribution in [0.25, 0.3) is 0 Å². The van der Waals surface area contributed by atoms with Gasteiger partial charge < -0.3 is 19.7 Å². The first-order valence-electron chi connectivity index (χ1n) is 6.84. The first-order valence-corrected chi connectivity index (χ1v) is 7.22.